The van der Waals surface area contributed by atoms with Crippen molar-refractivity contribution < 1.29 is 10.3 Å². The highest BCUT2D eigenvalue weighted by atomic mass is 35.5. The number of halogens is 2. The molecule has 0 aliphatic rings. The van der Waals surface area contributed by atoms with E-state index in [-0.39, 0.29) is 10.4 Å². The van der Waals surface area contributed by atoms with Crippen molar-refractivity contribution >= 4 is 28.9 Å². The van der Waals surface area contributed by atoms with Gasteiger partial charge in [0, 0.05) is 0 Å². The molecule has 4 nitrogen and oxygen atoms in total. The van der Waals surface area contributed by atoms with Crippen molar-refractivity contribution in [3.8, 4) is 0 Å². The van der Waals surface area contributed by atoms with E-state index in [0.717, 1.165) is 0 Å². The molecule has 60 valence electrons. The van der Waals surface area contributed by atoms with Crippen molar-refractivity contribution in [2.75, 3.05) is 7.11 Å². The lowest BCUT2D eigenvalue weighted by Crippen LogP contribution is -2.76. The van der Waals surface area contributed by atoms with Gasteiger partial charge in [0.1, 0.15) is 0 Å². The standard InChI is InChI=1S/C5H5Cl2N3O/c1-11-10-3-2-8-5(7)9-4(3)6/h2,10H,1H3/p+1. The predicted octanol–water partition coefficient (Wildman–Crippen LogP) is 0.540. The molecule has 0 amide bonds. The molecule has 1 rings (SSSR count). The van der Waals surface area contributed by atoms with Gasteiger partial charge < -0.3 is 0 Å². The average Bonchev–Trinajstić information content (AvgIpc) is 1.95. The van der Waals surface area contributed by atoms with E-state index in [9.17, 15) is 0 Å². The molecule has 0 spiro atoms. The molecule has 0 aliphatic carbocycles. The number of hydrogen-bond acceptors (Lipinski definition) is 3. The number of aromatic nitrogens is 2. The van der Waals surface area contributed by atoms with Gasteiger partial charge in [-0.1, -0.05) is 11.6 Å². The first-order chi connectivity index (χ1) is 5.24. The van der Waals surface area contributed by atoms with Gasteiger partial charge in [-0.05, 0) is 11.6 Å². The second-order valence-electron chi connectivity index (χ2n) is 1.74. The molecule has 0 saturated heterocycles. The van der Waals surface area contributed by atoms with Gasteiger partial charge in [0.15, 0.2) is 5.15 Å². The lowest BCUT2D eigenvalue weighted by atomic mass is 10.6. The van der Waals surface area contributed by atoms with Crippen LogP contribution in [0.25, 0.3) is 0 Å². The molecule has 0 unspecified atom stereocenters. The fourth-order valence-corrected chi connectivity index (χ4v) is 0.906. The van der Waals surface area contributed by atoms with Gasteiger partial charge >= 0.3 is 0 Å². The van der Waals surface area contributed by atoms with Crippen LogP contribution in [0.15, 0.2) is 6.20 Å². The summed E-state index contributed by atoms with van der Waals surface area (Å²) >= 11 is 11.1. The topological polar surface area (TPSA) is 51.6 Å². The molecule has 1 heterocycles. The van der Waals surface area contributed by atoms with E-state index in [1.165, 1.54) is 18.8 Å². The molecule has 1 aromatic heterocycles. The molecule has 0 fully saturated rings. The number of nitrogens with two attached hydrogens (primary N) is 1. The highest BCUT2D eigenvalue weighted by Crippen LogP contribution is 2.13. The van der Waals surface area contributed by atoms with Crippen molar-refractivity contribution in [2.24, 2.45) is 0 Å². The maximum absolute atomic E-state index is 5.66. The minimum atomic E-state index is 0.128. The summed E-state index contributed by atoms with van der Waals surface area (Å²) in [6.45, 7) is 0. The van der Waals surface area contributed by atoms with Crippen LogP contribution in [0, 0.1) is 0 Å². The zero-order chi connectivity index (χ0) is 8.27. The molecule has 6 heteroatoms. The largest absolute Gasteiger partial charge is 0.224 e. The molecular formula is C5H6Cl2N3O+. The highest BCUT2D eigenvalue weighted by Gasteiger charge is 2.06. The highest BCUT2D eigenvalue weighted by molar-refractivity contribution is 6.33. The molecule has 2 N–H and O–H groups in total. The summed E-state index contributed by atoms with van der Waals surface area (Å²) in [6.07, 6.45) is 1.49. The molecule has 11 heavy (non-hydrogen) atoms. The van der Waals surface area contributed by atoms with Crippen LogP contribution in [-0.2, 0) is 4.84 Å². The quantitative estimate of drug-likeness (QED) is 0.425. The molecule has 0 aromatic carbocycles. The normalized spacial score (nSPS) is 10.1. The van der Waals surface area contributed by atoms with E-state index in [0.29, 0.717) is 5.69 Å². The zero-order valence-electron chi connectivity index (χ0n) is 5.71. The number of rotatable bonds is 2. The lowest BCUT2D eigenvalue weighted by molar-refractivity contribution is -0.830. The third-order valence-corrected chi connectivity index (χ3v) is 1.47. The first-order valence-electron chi connectivity index (χ1n) is 2.78. The van der Waals surface area contributed by atoms with Gasteiger partial charge in [-0.2, -0.15) is 10.5 Å². The van der Waals surface area contributed by atoms with Crippen LogP contribution in [0.5, 0.6) is 0 Å². The Morgan fingerprint density at radius 3 is 2.82 bits per heavy atom. The first-order valence-corrected chi connectivity index (χ1v) is 3.53. The summed E-state index contributed by atoms with van der Waals surface area (Å²) in [5.41, 5.74) is 2.05. The van der Waals surface area contributed by atoms with Gasteiger partial charge in [0.05, 0.1) is 13.3 Å². The molecule has 0 radical (unpaired) electrons. The summed E-state index contributed by atoms with van der Waals surface area (Å²) in [6, 6.07) is 0. The summed E-state index contributed by atoms with van der Waals surface area (Å²) in [5.74, 6) is 0. The minimum absolute atomic E-state index is 0.128. The Kier molecular flexibility index (Phi) is 3.02. The van der Waals surface area contributed by atoms with Crippen LogP contribution in [0.3, 0.4) is 0 Å². The lowest BCUT2D eigenvalue weighted by Gasteiger charge is -1.96. The molecule has 1 aromatic rings. The van der Waals surface area contributed by atoms with Crippen molar-refractivity contribution in [1.82, 2.24) is 9.97 Å². The second-order valence-corrected chi connectivity index (χ2v) is 2.43. The molecule has 0 saturated carbocycles. The third kappa shape index (κ3) is 2.27. The Morgan fingerprint density at radius 1 is 1.55 bits per heavy atom. The Bertz CT molecular complexity index is 255. The summed E-state index contributed by atoms with van der Waals surface area (Å²) in [7, 11) is 1.52. The summed E-state index contributed by atoms with van der Waals surface area (Å²) in [4.78, 5) is 12.1. The van der Waals surface area contributed by atoms with Gasteiger partial charge in [0.2, 0.25) is 11.0 Å². The zero-order valence-corrected chi connectivity index (χ0v) is 7.23. The molecule has 0 aliphatic heterocycles. The molecule has 0 atom stereocenters. The number of quaternary nitrogens is 1. The van der Waals surface area contributed by atoms with E-state index >= 15 is 0 Å². The second kappa shape index (κ2) is 3.82. The van der Waals surface area contributed by atoms with Gasteiger partial charge in [-0.3, -0.25) is 0 Å². The summed E-state index contributed by atoms with van der Waals surface area (Å²) in [5, 5.41) is 0.412. The van der Waals surface area contributed by atoms with Crippen molar-refractivity contribution in [2.45, 2.75) is 0 Å². The minimum Gasteiger partial charge on any atom is -0.220 e. The molecule has 0 bridgehead atoms. The van der Waals surface area contributed by atoms with E-state index in [1.807, 2.05) is 0 Å². The smallest absolute Gasteiger partial charge is 0.220 e. The fraction of sp³-hybridized carbons (Fsp3) is 0.200. The maximum atomic E-state index is 5.66. The predicted molar refractivity (Wildman–Crippen MR) is 40.6 cm³/mol. The van der Waals surface area contributed by atoms with E-state index in [1.54, 1.807) is 0 Å². The van der Waals surface area contributed by atoms with Crippen LogP contribution in [0.2, 0.25) is 10.4 Å². The average molecular weight is 195 g/mol. The van der Waals surface area contributed by atoms with Gasteiger partial charge in [0.25, 0.3) is 0 Å². The monoisotopic (exact) mass is 194 g/mol. The van der Waals surface area contributed by atoms with Gasteiger partial charge in [-0.15, -0.1) is 0 Å². The van der Waals surface area contributed by atoms with Gasteiger partial charge in [-0.25, -0.2) is 9.82 Å². The first kappa shape index (κ1) is 8.67. The number of hydrogen-bond donors (Lipinski definition) is 1. The third-order valence-electron chi connectivity index (χ3n) is 0.984. The van der Waals surface area contributed by atoms with Crippen LogP contribution in [0.1, 0.15) is 0 Å². The Labute approximate surface area is 73.5 Å². The van der Waals surface area contributed by atoms with E-state index < -0.39 is 0 Å². The van der Waals surface area contributed by atoms with Crippen molar-refractivity contribution in [3.05, 3.63) is 16.6 Å². The van der Waals surface area contributed by atoms with Crippen LogP contribution in [-0.4, -0.2) is 17.1 Å². The molecular weight excluding hydrogens is 189 g/mol. The number of nitrogens with zero attached hydrogens (tertiary/aromatic N) is 2. The fourth-order valence-electron chi connectivity index (χ4n) is 0.557. The van der Waals surface area contributed by atoms with Crippen molar-refractivity contribution in [1.29, 1.82) is 0 Å². The van der Waals surface area contributed by atoms with E-state index in [2.05, 4.69) is 9.97 Å². The maximum Gasteiger partial charge on any atom is 0.224 e. The Morgan fingerprint density at radius 2 is 2.27 bits per heavy atom. The van der Waals surface area contributed by atoms with Crippen LogP contribution in [0.4, 0.5) is 5.69 Å². The van der Waals surface area contributed by atoms with Crippen LogP contribution >= 0.6 is 23.2 Å². The Balaban J connectivity index is 2.90. The SMILES string of the molecule is CO[NH2+]c1cnc(Cl)nc1Cl. The van der Waals surface area contributed by atoms with Crippen LogP contribution < -0.4 is 5.48 Å². The van der Waals surface area contributed by atoms with Crippen molar-refractivity contribution in [3.63, 3.8) is 0 Å². The Hall–Kier alpha value is -0.420. The van der Waals surface area contributed by atoms with E-state index in [4.69, 9.17) is 28.0 Å². The summed E-state index contributed by atoms with van der Waals surface area (Å²) < 4.78 is 0.